The lowest BCUT2D eigenvalue weighted by atomic mass is 9.68. The quantitative estimate of drug-likeness (QED) is 0.769. The van der Waals surface area contributed by atoms with Crippen molar-refractivity contribution in [2.24, 2.45) is 0 Å². The smallest absolute Gasteiger partial charge is 0.230 e. The zero-order valence-corrected chi connectivity index (χ0v) is 16.0. The summed E-state index contributed by atoms with van der Waals surface area (Å²) in [5, 5.41) is 6.57. The average Bonchev–Trinajstić information content (AvgIpc) is 2.62. The van der Waals surface area contributed by atoms with E-state index in [1.165, 1.54) is 0 Å². The van der Waals surface area contributed by atoms with Crippen molar-refractivity contribution in [3.8, 4) is 0 Å². The van der Waals surface area contributed by atoms with Crippen LogP contribution >= 0.6 is 11.6 Å². The second-order valence-corrected chi connectivity index (χ2v) is 7.47. The van der Waals surface area contributed by atoms with Crippen molar-refractivity contribution in [3.63, 3.8) is 0 Å². The van der Waals surface area contributed by atoms with E-state index in [-0.39, 0.29) is 17.9 Å². The fraction of sp³-hybridized carbons (Fsp3) is 0.600. The largest absolute Gasteiger partial charge is 0.355 e. The van der Waals surface area contributed by atoms with Crippen LogP contribution in [0.2, 0.25) is 5.02 Å². The molecule has 2 amide bonds. The minimum absolute atomic E-state index is 0.0184. The molecule has 1 aromatic rings. The number of amides is 2. The number of carbonyl (C=O) groups excluding carboxylic acids is 2. The van der Waals surface area contributed by atoms with Gasteiger partial charge in [-0.2, -0.15) is 0 Å². The second kappa shape index (κ2) is 9.23. The molecule has 2 rings (SSSR count). The first-order chi connectivity index (χ1) is 12.0. The minimum Gasteiger partial charge on any atom is -0.355 e. The lowest BCUT2D eigenvalue weighted by Gasteiger charge is -2.36. The van der Waals surface area contributed by atoms with Gasteiger partial charge in [0.25, 0.3) is 0 Å². The summed E-state index contributed by atoms with van der Waals surface area (Å²) in [5.74, 6) is 0.000839. The first-order valence-corrected chi connectivity index (χ1v) is 9.69. The molecule has 5 heteroatoms. The van der Waals surface area contributed by atoms with Gasteiger partial charge in [-0.05, 0) is 43.9 Å². The van der Waals surface area contributed by atoms with Crippen LogP contribution in [-0.2, 0) is 15.0 Å². The summed E-state index contributed by atoms with van der Waals surface area (Å²) in [5.41, 5.74) is 0.470. The predicted molar refractivity (Wildman–Crippen MR) is 102 cm³/mol. The number of halogens is 1. The number of hydrogen-bond donors (Lipinski definition) is 2. The number of benzene rings is 1. The van der Waals surface area contributed by atoms with Gasteiger partial charge in [0.05, 0.1) is 5.41 Å². The summed E-state index contributed by atoms with van der Waals surface area (Å²) < 4.78 is 0. The lowest BCUT2D eigenvalue weighted by molar-refractivity contribution is -0.128. The maximum Gasteiger partial charge on any atom is 0.230 e. The predicted octanol–water partition coefficient (Wildman–Crippen LogP) is 3.96. The van der Waals surface area contributed by atoms with Gasteiger partial charge < -0.3 is 10.6 Å². The highest BCUT2D eigenvalue weighted by molar-refractivity contribution is 6.30. The topological polar surface area (TPSA) is 58.2 Å². The van der Waals surface area contributed by atoms with Crippen molar-refractivity contribution in [2.75, 3.05) is 6.54 Å². The fourth-order valence-corrected chi connectivity index (χ4v) is 3.69. The molecule has 2 N–H and O–H groups in total. The highest BCUT2D eigenvalue weighted by Gasteiger charge is 2.40. The molecule has 1 fully saturated rings. The average molecular weight is 365 g/mol. The molecule has 1 atom stereocenters. The standard InChI is InChI=1S/C20H29ClN2O2/c1-3-15(2)23-18(24)10-13-22-19(25)20(11-5-4-6-12-20)16-8-7-9-17(21)14-16/h7-9,14-15H,3-6,10-13H2,1-2H3,(H,22,25)(H,23,24). The molecule has 25 heavy (non-hydrogen) atoms. The molecule has 138 valence electrons. The highest BCUT2D eigenvalue weighted by Crippen LogP contribution is 2.40. The molecule has 0 aliphatic heterocycles. The minimum atomic E-state index is -0.518. The molecule has 0 aromatic heterocycles. The Labute approximate surface area is 155 Å². The Hall–Kier alpha value is -1.55. The van der Waals surface area contributed by atoms with Gasteiger partial charge in [-0.25, -0.2) is 0 Å². The van der Waals surface area contributed by atoms with Crippen LogP contribution in [0.1, 0.15) is 64.4 Å². The van der Waals surface area contributed by atoms with E-state index in [1.54, 1.807) is 0 Å². The van der Waals surface area contributed by atoms with Gasteiger partial charge in [-0.3, -0.25) is 9.59 Å². The van der Waals surface area contributed by atoms with Crippen molar-refractivity contribution in [2.45, 2.75) is 70.3 Å². The molecule has 4 nitrogen and oxygen atoms in total. The third kappa shape index (κ3) is 5.21. The molecule has 0 radical (unpaired) electrons. The van der Waals surface area contributed by atoms with Crippen LogP contribution in [-0.4, -0.2) is 24.4 Å². The normalized spacial score (nSPS) is 17.6. The van der Waals surface area contributed by atoms with Crippen molar-refractivity contribution < 1.29 is 9.59 Å². The Kier molecular flexibility index (Phi) is 7.30. The summed E-state index contributed by atoms with van der Waals surface area (Å²) in [4.78, 5) is 24.9. The van der Waals surface area contributed by atoms with Crippen LogP contribution < -0.4 is 10.6 Å². The van der Waals surface area contributed by atoms with Gasteiger partial charge in [0.2, 0.25) is 11.8 Å². The molecular weight excluding hydrogens is 336 g/mol. The first kappa shape index (κ1) is 19.8. The van der Waals surface area contributed by atoms with Gasteiger partial charge >= 0.3 is 0 Å². The van der Waals surface area contributed by atoms with E-state index in [1.807, 2.05) is 38.1 Å². The van der Waals surface area contributed by atoms with E-state index in [4.69, 9.17) is 11.6 Å². The third-order valence-electron chi connectivity index (χ3n) is 5.18. The Morgan fingerprint density at radius 3 is 2.60 bits per heavy atom. The number of nitrogens with one attached hydrogen (secondary N) is 2. The van der Waals surface area contributed by atoms with E-state index < -0.39 is 5.41 Å². The van der Waals surface area contributed by atoms with Crippen LogP contribution in [0, 0.1) is 0 Å². The summed E-state index contributed by atoms with van der Waals surface area (Å²) in [6, 6.07) is 7.80. The fourth-order valence-electron chi connectivity index (χ4n) is 3.50. The maximum absolute atomic E-state index is 13.0. The highest BCUT2D eigenvalue weighted by atomic mass is 35.5. The van der Waals surface area contributed by atoms with Crippen LogP contribution in [0.25, 0.3) is 0 Å². The van der Waals surface area contributed by atoms with E-state index >= 15 is 0 Å². The molecule has 0 saturated heterocycles. The molecule has 1 aliphatic rings. The van der Waals surface area contributed by atoms with Crippen LogP contribution in [0.3, 0.4) is 0 Å². The first-order valence-electron chi connectivity index (χ1n) is 9.31. The van der Waals surface area contributed by atoms with Crippen LogP contribution in [0.5, 0.6) is 0 Å². The molecule has 0 heterocycles. The molecule has 1 saturated carbocycles. The Morgan fingerprint density at radius 1 is 1.24 bits per heavy atom. The molecule has 0 spiro atoms. The molecule has 1 aromatic carbocycles. The summed E-state index contributed by atoms with van der Waals surface area (Å²) in [6.45, 7) is 4.38. The number of rotatable bonds is 7. The van der Waals surface area contributed by atoms with Gasteiger partial charge in [0, 0.05) is 24.0 Å². The van der Waals surface area contributed by atoms with E-state index in [9.17, 15) is 9.59 Å². The maximum atomic E-state index is 13.0. The van der Waals surface area contributed by atoms with E-state index in [0.717, 1.165) is 44.1 Å². The van der Waals surface area contributed by atoms with Gasteiger partial charge in [-0.15, -0.1) is 0 Å². The Bertz CT molecular complexity index is 597. The van der Waals surface area contributed by atoms with Crippen molar-refractivity contribution in [3.05, 3.63) is 34.9 Å². The second-order valence-electron chi connectivity index (χ2n) is 7.04. The SMILES string of the molecule is CCC(C)NC(=O)CCNC(=O)C1(c2cccc(Cl)c2)CCCCC1. The molecular formula is C20H29ClN2O2. The summed E-state index contributed by atoms with van der Waals surface area (Å²) in [7, 11) is 0. The van der Waals surface area contributed by atoms with Crippen molar-refractivity contribution in [1.29, 1.82) is 0 Å². The zero-order chi connectivity index (χ0) is 18.3. The third-order valence-corrected chi connectivity index (χ3v) is 5.41. The van der Waals surface area contributed by atoms with Crippen LogP contribution in [0.4, 0.5) is 0 Å². The monoisotopic (exact) mass is 364 g/mol. The van der Waals surface area contributed by atoms with Crippen molar-refractivity contribution >= 4 is 23.4 Å². The zero-order valence-electron chi connectivity index (χ0n) is 15.2. The van der Waals surface area contributed by atoms with E-state index in [2.05, 4.69) is 10.6 Å². The molecule has 1 aliphatic carbocycles. The van der Waals surface area contributed by atoms with Gasteiger partial charge in [-0.1, -0.05) is 49.9 Å². The van der Waals surface area contributed by atoms with Gasteiger partial charge in [0.15, 0.2) is 0 Å². The summed E-state index contributed by atoms with van der Waals surface area (Å²) >= 11 is 6.15. The molecule has 1 unspecified atom stereocenters. The number of hydrogen-bond acceptors (Lipinski definition) is 2. The van der Waals surface area contributed by atoms with E-state index in [0.29, 0.717) is 18.0 Å². The van der Waals surface area contributed by atoms with Crippen LogP contribution in [0.15, 0.2) is 24.3 Å². The summed E-state index contributed by atoms with van der Waals surface area (Å²) in [6.07, 6.45) is 6.10. The molecule has 0 bridgehead atoms. The lowest BCUT2D eigenvalue weighted by Crippen LogP contribution is -2.46. The van der Waals surface area contributed by atoms with Crippen molar-refractivity contribution in [1.82, 2.24) is 10.6 Å². The van der Waals surface area contributed by atoms with Gasteiger partial charge in [0.1, 0.15) is 0 Å². The number of carbonyl (C=O) groups is 2. The Balaban J connectivity index is 2.01. The Morgan fingerprint density at radius 2 is 1.96 bits per heavy atom.